The lowest BCUT2D eigenvalue weighted by molar-refractivity contribution is -0.153. The maximum Gasteiger partial charge on any atom is 0.410 e. The Morgan fingerprint density at radius 1 is 1.14 bits per heavy atom. The van der Waals surface area contributed by atoms with Gasteiger partial charge in [-0.2, -0.15) is 13.2 Å². The van der Waals surface area contributed by atoms with Crippen LogP contribution in [0.2, 0.25) is 0 Å². The molecule has 0 bridgehead atoms. The molecule has 2 unspecified atom stereocenters. The van der Waals surface area contributed by atoms with Gasteiger partial charge >= 0.3 is 6.18 Å². The molecule has 0 aliphatic carbocycles. The van der Waals surface area contributed by atoms with Crippen LogP contribution in [0.25, 0.3) is 11.1 Å². The quantitative estimate of drug-likeness (QED) is 0.497. The first-order valence-corrected chi connectivity index (χ1v) is 12.2. The van der Waals surface area contributed by atoms with Crippen LogP contribution in [0.3, 0.4) is 0 Å². The molecule has 0 amide bonds. The second kappa shape index (κ2) is 14.1. The Kier molecular flexibility index (Phi) is 12.2. The van der Waals surface area contributed by atoms with Crippen LogP contribution < -0.4 is 21.8 Å². The van der Waals surface area contributed by atoms with Crippen molar-refractivity contribution in [2.24, 2.45) is 5.73 Å². The molecule has 10 nitrogen and oxygen atoms in total. The zero-order chi connectivity index (χ0) is 27.6. The topological polar surface area (TPSA) is 136 Å². The van der Waals surface area contributed by atoms with Crippen molar-refractivity contribution in [2.75, 3.05) is 58.0 Å². The van der Waals surface area contributed by atoms with E-state index in [2.05, 4.69) is 15.7 Å². The average molecular weight is 535 g/mol. The van der Waals surface area contributed by atoms with E-state index < -0.39 is 35.3 Å². The number of carbonyl (C=O) groups is 1. The molecule has 3 heterocycles. The molecule has 2 aromatic heterocycles. The number of H-pyrrole nitrogens is 2. The number of hydrogen-bond donors (Lipinski definition) is 3. The number of nitrogens with zero attached hydrogens (tertiary/aromatic N) is 3. The summed E-state index contributed by atoms with van der Waals surface area (Å²) < 4.78 is 55.7. The van der Waals surface area contributed by atoms with Crippen molar-refractivity contribution >= 4 is 23.6 Å². The van der Waals surface area contributed by atoms with Gasteiger partial charge in [0.15, 0.2) is 0 Å². The number of pyridine rings is 2. The van der Waals surface area contributed by atoms with Gasteiger partial charge in [0.1, 0.15) is 18.6 Å². The molecule has 0 aromatic carbocycles. The largest absolute Gasteiger partial charge is 0.410 e. The van der Waals surface area contributed by atoms with E-state index in [4.69, 9.17) is 4.79 Å². The summed E-state index contributed by atoms with van der Waals surface area (Å²) in [6.07, 6.45) is -3.12. The van der Waals surface area contributed by atoms with Gasteiger partial charge < -0.3 is 30.3 Å². The Bertz CT molecular complexity index is 1120. The molecule has 4 N–H and O–H groups in total. The van der Waals surface area contributed by atoms with Crippen LogP contribution in [-0.4, -0.2) is 95.5 Å². The Hall–Kier alpha value is -2.81. The monoisotopic (exact) mass is 534 g/mol. The van der Waals surface area contributed by atoms with Crippen molar-refractivity contribution in [3.8, 4) is 11.1 Å². The second-order valence-electron chi connectivity index (χ2n) is 7.98. The molecule has 202 valence electrons. The van der Waals surface area contributed by atoms with E-state index in [1.165, 1.54) is 35.7 Å². The summed E-state index contributed by atoms with van der Waals surface area (Å²) in [5.41, 5.74) is 5.04. The molecule has 1 fully saturated rings. The van der Waals surface area contributed by atoms with E-state index in [9.17, 15) is 27.0 Å². The highest BCUT2D eigenvalue weighted by atomic mass is 32.2. The highest BCUT2D eigenvalue weighted by Crippen LogP contribution is 2.32. The highest BCUT2D eigenvalue weighted by molar-refractivity contribution is 7.82. The minimum Gasteiger partial charge on any atom is -0.344 e. The van der Waals surface area contributed by atoms with Gasteiger partial charge in [-0.15, -0.1) is 0 Å². The third-order valence-electron chi connectivity index (χ3n) is 5.30. The first-order valence-electron chi connectivity index (χ1n) is 10.9. The standard InChI is InChI=1S/C20H26F3N5O3S.CH5N.CH2O/c1-13-11-24-18(29)10-15(13)14-8-17(25-19(30)9-14)28-5-4-27(12-16(28)20(21,22)23)32(31)7-6-26(2)3;2*1-2/h8-11,16H,4-7,12H2,1-3H3,(H,24,29)(H,25,30);2H2,1H3;1H2. The third kappa shape index (κ3) is 8.40. The molecule has 1 aliphatic rings. The van der Waals surface area contributed by atoms with Gasteiger partial charge in [-0.05, 0) is 50.8 Å². The van der Waals surface area contributed by atoms with Gasteiger partial charge in [0.25, 0.3) is 0 Å². The van der Waals surface area contributed by atoms with Crippen LogP contribution in [0.1, 0.15) is 5.56 Å². The van der Waals surface area contributed by atoms with Crippen molar-refractivity contribution in [2.45, 2.75) is 19.1 Å². The molecular formula is C22H33F3N6O4S. The summed E-state index contributed by atoms with van der Waals surface area (Å²) in [4.78, 5) is 39.9. The second-order valence-corrected chi connectivity index (χ2v) is 9.55. The molecule has 3 rings (SSSR count). The van der Waals surface area contributed by atoms with Gasteiger partial charge in [0, 0.05) is 44.5 Å². The number of carbonyl (C=O) groups excluding carboxylic acids is 1. The molecule has 2 aromatic rings. The van der Waals surface area contributed by atoms with E-state index >= 15 is 0 Å². The molecule has 0 radical (unpaired) electrons. The number of hydrogen-bond acceptors (Lipinski definition) is 7. The van der Waals surface area contributed by atoms with Crippen molar-refractivity contribution < 1.29 is 22.2 Å². The summed E-state index contributed by atoms with van der Waals surface area (Å²) in [5, 5.41) is 0. The lowest BCUT2D eigenvalue weighted by Crippen LogP contribution is -2.60. The summed E-state index contributed by atoms with van der Waals surface area (Å²) in [6, 6.07) is 2.06. The van der Waals surface area contributed by atoms with Crippen LogP contribution in [0.5, 0.6) is 0 Å². The fraction of sp³-hybridized carbons (Fsp3) is 0.500. The number of piperazine rings is 1. The van der Waals surface area contributed by atoms with Crippen LogP contribution in [0.4, 0.5) is 19.0 Å². The summed E-state index contributed by atoms with van der Waals surface area (Å²) in [5.74, 6) is 0.249. The summed E-state index contributed by atoms with van der Waals surface area (Å²) >= 11 is 0. The zero-order valence-electron chi connectivity index (χ0n) is 20.7. The summed E-state index contributed by atoms with van der Waals surface area (Å²) in [7, 11) is 3.57. The van der Waals surface area contributed by atoms with Gasteiger partial charge in [-0.1, -0.05) is 0 Å². The first-order chi connectivity index (χ1) is 17.0. The zero-order valence-corrected chi connectivity index (χ0v) is 21.5. The smallest absolute Gasteiger partial charge is 0.344 e. The number of aromatic nitrogens is 2. The van der Waals surface area contributed by atoms with Crippen molar-refractivity contribution in [1.29, 1.82) is 0 Å². The lowest BCUT2D eigenvalue weighted by Gasteiger charge is -2.42. The molecule has 36 heavy (non-hydrogen) atoms. The predicted molar refractivity (Wildman–Crippen MR) is 135 cm³/mol. The number of aromatic amines is 2. The lowest BCUT2D eigenvalue weighted by atomic mass is 10.0. The third-order valence-corrected chi connectivity index (χ3v) is 6.74. The molecule has 0 spiro atoms. The van der Waals surface area contributed by atoms with Crippen LogP contribution in [0, 0.1) is 6.92 Å². The Balaban J connectivity index is 0.00000154. The molecule has 1 saturated heterocycles. The van der Waals surface area contributed by atoms with E-state index in [-0.39, 0.29) is 30.2 Å². The molecule has 1 aliphatic heterocycles. The van der Waals surface area contributed by atoms with Gasteiger partial charge in [-0.25, -0.2) is 8.51 Å². The highest BCUT2D eigenvalue weighted by Gasteiger charge is 2.47. The number of nitrogens with one attached hydrogen (secondary N) is 2. The fourth-order valence-electron chi connectivity index (χ4n) is 3.59. The van der Waals surface area contributed by atoms with E-state index in [1.54, 1.807) is 21.0 Å². The number of anilines is 1. The number of halogens is 3. The minimum absolute atomic E-state index is 0.00762. The van der Waals surface area contributed by atoms with Gasteiger partial charge in [-0.3, -0.25) is 9.59 Å². The SMILES string of the molecule is C=O.CN.Cc1c[nH]c(=O)cc1-c1cc(N2CCN(S(=O)CCN(C)C)CC2C(F)(F)F)[nH]c(=O)c1. The van der Waals surface area contributed by atoms with Crippen LogP contribution in [0.15, 0.2) is 34.0 Å². The first kappa shape index (κ1) is 31.2. The Morgan fingerprint density at radius 2 is 1.78 bits per heavy atom. The molecule has 14 heteroatoms. The minimum atomic E-state index is -4.60. The van der Waals surface area contributed by atoms with Gasteiger partial charge in [0.05, 0.1) is 16.7 Å². The van der Waals surface area contributed by atoms with Crippen molar-refractivity contribution in [3.63, 3.8) is 0 Å². The van der Waals surface area contributed by atoms with E-state index in [0.29, 0.717) is 23.2 Å². The van der Waals surface area contributed by atoms with E-state index in [0.717, 1.165) is 4.90 Å². The van der Waals surface area contributed by atoms with Crippen LogP contribution >= 0.6 is 0 Å². The molecular weight excluding hydrogens is 501 g/mol. The average Bonchev–Trinajstić information content (AvgIpc) is 2.85. The summed E-state index contributed by atoms with van der Waals surface area (Å²) in [6.45, 7) is 3.84. The number of rotatable bonds is 6. The number of alkyl halides is 3. The maximum absolute atomic E-state index is 14.0. The van der Waals surface area contributed by atoms with E-state index in [1.807, 2.05) is 11.7 Å². The molecule has 0 saturated carbocycles. The Labute approximate surface area is 209 Å². The number of aryl methyl sites for hydroxylation is 1. The van der Waals surface area contributed by atoms with Gasteiger partial charge in [0.2, 0.25) is 11.1 Å². The van der Waals surface area contributed by atoms with Crippen LogP contribution in [-0.2, 0) is 15.8 Å². The molecule has 2 atom stereocenters. The Morgan fingerprint density at radius 3 is 2.36 bits per heavy atom. The predicted octanol–water partition coefficient (Wildman–Crippen LogP) is 0.707. The normalized spacial score (nSPS) is 17.0. The number of nitrogens with two attached hydrogens (primary N) is 1. The van der Waals surface area contributed by atoms with Crippen molar-refractivity contribution in [3.05, 3.63) is 50.7 Å². The maximum atomic E-state index is 14.0. The fourth-order valence-corrected chi connectivity index (χ4v) is 4.97. The van der Waals surface area contributed by atoms with Crippen molar-refractivity contribution in [1.82, 2.24) is 19.2 Å².